The summed E-state index contributed by atoms with van der Waals surface area (Å²) < 4.78 is 5.25. The van der Waals surface area contributed by atoms with Crippen molar-refractivity contribution in [3.05, 3.63) is 35.4 Å². The lowest BCUT2D eigenvalue weighted by Crippen LogP contribution is -2.30. The van der Waals surface area contributed by atoms with Crippen molar-refractivity contribution in [3.8, 4) is 0 Å². The van der Waals surface area contributed by atoms with Crippen LogP contribution in [0.25, 0.3) is 0 Å². The summed E-state index contributed by atoms with van der Waals surface area (Å²) in [7, 11) is 1.77. The molecule has 17 heavy (non-hydrogen) atoms. The summed E-state index contributed by atoms with van der Waals surface area (Å²) in [5.41, 5.74) is 3.10. The van der Waals surface area contributed by atoms with Gasteiger partial charge in [0.2, 0.25) is 0 Å². The molecule has 1 aliphatic carbocycles. The lowest BCUT2D eigenvalue weighted by atomic mass is 9.83. The molecule has 2 heteroatoms. The third kappa shape index (κ3) is 3.30. The molecule has 0 saturated carbocycles. The molecule has 2 unspecified atom stereocenters. The van der Waals surface area contributed by atoms with Gasteiger partial charge in [-0.2, -0.15) is 0 Å². The summed E-state index contributed by atoms with van der Waals surface area (Å²) in [6, 6.07) is 8.89. The zero-order chi connectivity index (χ0) is 12.1. The van der Waals surface area contributed by atoms with Crippen LogP contribution < -0.4 is 5.32 Å². The number of nitrogens with one attached hydrogen (secondary N) is 1. The molecule has 94 valence electrons. The molecule has 0 fully saturated rings. The number of methoxy groups -OCH3 is 1. The normalized spacial score (nSPS) is 20.9. The molecule has 0 saturated heterocycles. The second-order valence-electron chi connectivity index (χ2n) is 4.99. The number of benzene rings is 1. The summed E-state index contributed by atoms with van der Waals surface area (Å²) in [6.45, 7) is 4.11. The standard InChI is InChI=1S/C15H23NO/c1-12(17-2)10-16-11-14-8-5-7-13-6-3-4-9-15(13)14/h3-4,6,9,12,14,16H,5,7-8,10-11H2,1-2H3. The van der Waals surface area contributed by atoms with Crippen molar-refractivity contribution in [1.82, 2.24) is 5.32 Å². The van der Waals surface area contributed by atoms with Gasteiger partial charge < -0.3 is 10.1 Å². The van der Waals surface area contributed by atoms with E-state index < -0.39 is 0 Å². The third-order valence-corrected chi connectivity index (χ3v) is 3.72. The summed E-state index contributed by atoms with van der Waals surface area (Å²) in [5, 5.41) is 3.52. The molecule has 0 radical (unpaired) electrons. The minimum atomic E-state index is 0.300. The van der Waals surface area contributed by atoms with E-state index in [1.165, 1.54) is 19.3 Å². The monoisotopic (exact) mass is 233 g/mol. The van der Waals surface area contributed by atoms with E-state index >= 15 is 0 Å². The van der Waals surface area contributed by atoms with Crippen LogP contribution in [-0.4, -0.2) is 26.3 Å². The minimum Gasteiger partial charge on any atom is -0.380 e. The van der Waals surface area contributed by atoms with Crippen LogP contribution in [0.1, 0.15) is 36.8 Å². The van der Waals surface area contributed by atoms with Gasteiger partial charge in [-0.05, 0) is 43.2 Å². The number of hydrogen-bond donors (Lipinski definition) is 1. The molecule has 1 N–H and O–H groups in total. The first-order valence-electron chi connectivity index (χ1n) is 6.62. The van der Waals surface area contributed by atoms with E-state index in [-0.39, 0.29) is 0 Å². The molecule has 1 aromatic carbocycles. The first-order chi connectivity index (χ1) is 8.31. The molecule has 0 bridgehead atoms. The van der Waals surface area contributed by atoms with Gasteiger partial charge in [-0.15, -0.1) is 0 Å². The second kappa shape index (κ2) is 6.18. The summed E-state index contributed by atoms with van der Waals surface area (Å²) in [6.07, 6.45) is 4.18. The van der Waals surface area contributed by atoms with E-state index in [1.54, 1.807) is 18.2 Å². The Labute approximate surface area is 104 Å². The van der Waals surface area contributed by atoms with Crippen LogP contribution in [0.15, 0.2) is 24.3 Å². The Kier molecular flexibility index (Phi) is 4.57. The molecule has 0 heterocycles. The van der Waals surface area contributed by atoms with Crippen LogP contribution in [0, 0.1) is 0 Å². The maximum atomic E-state index is 5.25. The van der Waals surface area contributed by atoms with Crippen LogP contribution in [0.3, 0.4) is 0 Å². The average Bonchev–Trinajstić information content (AvgIpc) is 2.39. The molecule has 2 atom stereocenters. The first kappa shape index (κ1) is 12.6. The molecule has 0 spiro atoms. The molecule has 0 aliphatic heterocycles. The van der Waals surface area contributed by atoms with Crippen molar-refractivity contribution in [2.24, 2.45) is 0 Å². The number of rotatable bonds is 5. The fraction of sp³-hybridized carbons (Fsp3) is 0.600. The lowest BCUT2D eigenvalue weighted by molar-refractivity contribution is 0.117. The number of hydrogen-bond acceptors (Lipinski definition) is 2. The number of ether oxygens (including phenoxy) is 1. The molecule has 2 rings (SSSR count). The van der Waals surface area contributed by atoms with Crippen LogP contribution in [0.5, 0.6) is 0 Å². The van der Waals surface area contributed by atoms with Crippen molar-refractivity contribution in [2.75, 3.05) is 20.2 Å². The Bertz CT molecular complexity index is 351. The number of fused-ring (bicyclic) bond motifs is 1. The Hall–Kier alpha value is -0.860. The molecule has 2 nitrogen and oxygen atoms in total. The first-order valence-corrected chi connectivity index (χ1v) is 6.62. The number of aryl methyl sites for hydroxylation is 1. The second-order valence-corrected chi connectivity index (χ2v) is 4.99. The maximum Gasteiger partial charge on any atom is 0.0667 e. The molecular formula is C15H23NO. The Morgan fingerprint density at radius 2 is 2.24 bits per heavy atom. The predicted molar refractivity (Wildman–Crippen MR) is 71.5 cm³/mol. The largest absolute Gasteiger partial charge is 0.380 e. The van der Waals surface area contributed by atoms with Gasteiger partial charge in [-0.1, -0.05) is 24.3 Å². The fourth-order valence-electron chi connectivity index (χ4n) is 2.61. The Morgan fingerprint density at radius 3 is 3.06 bits per heavy atom. The quantitative estimate of drug-likeness (QED) is 0.844. The summed E-state index contributed by atoms with van der Waals surface area (Å²) in [5.74, 6) is 0.684. The van der Waals surface area contributed by atoms with Crippen LogP contribution in [0.2, 0.25) is 0 Å². The zero-order valence-electron chi connectivity index (χ0n) is 10.9. The summed E-state index contributed by atoms with van der Waals surface area (Å²) >= 11 is 0. The fourth-order valence-corrected chi connectivity index (χ4v) is 2.61. The van der Waals surface area contributed by atoms with Gasteiger partial charge in [0.15, 0.2) is 0 Å². The SMILES string of the molecule is COC(C)CNCC1CCCc2ccccc21. The van der Waals surface area contributed by atoms with E-state index in [0.29, 0.717) is 12.0 Å². The topological polar surface area (TPSA) is 21.3 Å². The highest BCUT2D eigenvalue weighted by molar-refractivity contribution is 5.32. The Morgan fingerprint density at radius 1 is 1.41 bits per heavy atom. The minimum absolute atomic E-state index is 0.300. The summed E-state index contributed by atoms with van der Waals surface area (Å²) in [4.78, 5) is 0. The van der Waals surface area contributed by atoms with Gasteiger partial charge in [0.25, 0.3) is 0 Å². The van der Waals surface area contributed by atoms with Crippen molar-refractivity contribution in [1.29, 1.82) is 0 Å². The Balaban J connectivity index is 1.90. The van der Waals surface area contributed by atoms with E-state index in [2.05, 4.69) is 36.5 Å². The average molecular weight is 233 g/mol. The molecule has 0 aromatic heterocycles. The van der Waals surface area contributed by atoms with Crippen LogP contribution in [0.4, 0.5) is 0 Å². The van der Waals surface area contributed by atoms with Gasteiger partial charge >= 0.3 is 0 Å². The molecule has 1 aliphatic rings. The van der Waals surface area contributed by atoms with Gasteiger partial charge in [0.05, 0.1) is 6.10 Å². The highest BCUT2D eigenvalue weighted by Gasteiger charge is 2.19. The van der Waals surface area contributed by atoms with E-state index in [0.717, 1.165) is 13.1 Å². The maximum absolute atomic E-state index is 5.25. The van der Waals surface area contributed by atoms with Crippen LogP contribution in [-0.2, 0) is 11.2 Å². The van der Waals surface area contributed by atoms with E-state index in [9.17, 15) is 0 Å². The van der Waals surface area contributed by atoms with E-state index in [1.807, 2.05) is 0 Å². The van der Waals surface area contributed by atoms with Gasteiger partial charge in [-0.25, -0.2) is 0 Å². The third-order valence-electron chi connectivity index (χ3n) is 3.72. The molecular weight excluding hydrogens is 210 g/mol. The van der Waals surface area contributed by atoms with Crippen molar-refractivity contribution in [3.63, 3.8) is 0 Å². The van der Waals surface area contributed by atoms with Gasteiger partial charge in [0, 0.05) is 20.2 Å². The molecule has 0 amide bonds. The highest BCUT2D eigenvalue weighted by atomic mass is 16.5. The smallest absolute Gasteiger partial charge is 0.0667 e. The molecule has 1 aromatic rings. The van der Waals surface area contributed by atoms with Crippen molar-refractivity contribution >= 4 is 0 Å². The van der Waals surface area contributed by atoms with Gasteiger partial charge in [-0.3, -0.25) is 0 Å². The van der Waals surface area contributed by atoms with E-state index in [4.69, 9.17) is 4.74 Å². The highest BCUT2D eigenvalue weighted by Crippen LogP contribution is 2.30. The van der Waals surface area contributed by atoms with Crippen LogP contribution >= 0.6 is 0 Å². The lowest BCUT2D eigenvalue weighted by Gasteiger charge is -2.26. The predicted octanol–water partition coefficient (Wildman–Crippen LogP) is 2.73. The zero-order valence-corrected chi connectivity index (χ0v) is 10.9. The van der Waals surface area contributed by atoms with Crippen molar-refractivity contribution in [2.45, 2.75) is 38.2 Å². The van der Waals surface area contributed by atoms with Crippen molar-refractivity contribution < 1.29 is 4.74 Å². The van der Waals surface area contributed by atoms with Gasteiger partial charge in [0.1, 0.15) is 0 Å².